The first-order valence-corrected chi connectivity index (χ1v) is 4.49. The minimum Gasteiger partial charge on any atom is -0.459 e. The lowest BCUT2D eigenvalue weighted by molar-refractivity contribution is 0.0974. The largest absolute Gasteiger partial charge is 0.466 e. The molecule has 1 heterocycles. The average molecular weight is 209 g/mol. The maximum Gasteiger partial charge on any atom is 0.466 e. The maximum absolute atomic E-state index is 10.2. The van der Waals surface area contributed by atoms with Gasteiger partial charge in [0, 0.05) is 0 Å². The Balaban J connectivity index is 0.000000252. The van der Waals surface area contributed by atoms with E-state index in [-0.39, 0.29) is 5.76 Å². The molecule has 1 rings (SSSR count). The molecule has 1 amide bonds. The van der Waals surface area contributed by atoms with E-state index in [0.717, 1.165) is 0 Å². The van der Waals surface area contributed by atoms with Crippen LogP contribution in [0, 0.1) is 0 Å². The molecule has 7 nitrogen and oxygen atoms in total. The second-order valence-corrected chi connectivity index (χ2v) is 2.88. The zero-order valence-electron chi connectivity index (χ0n) is 6.32. The quantitative estimate of drug-likeness (QED) is 0.458. The van der Waals surface area contributed by atoms with Gasteiger partial charge in [-0.25, -0.2) is 4.57 Å². The maximum atomic E-state index is 10.2. The third-order valence-corrected chi connectivity index (χ3v) is 0.764. The van der Waals surface area contributed by atoms with E-state index >= 15 is 0 Å². The molecule has 8 heteroatoms. The summed E-state index contributed by atoms with van der Waals surface area (Å²) in [5.41, 5.74) is 4.83. The van der Waals surface area contributed by atoms with Gasteiger partial charge in [-0.2, -0.15) is 0 Å². The van der Waals surface area contributed by atoms with Crippen molar-refractivity contribution in [3.8, 4) is 0 Å². The van der Waals surface area contributed by atoms with Crippen LogP contribution in [0.2, 0.25) is 0 Å². The van der Waals surface area contributed by atoms with E-state index in [0.29, 0.717) is 0 Å². The van der Waals surface area contributed by atoms with Gasteiger partial charge in [-0.3, -0.25) is 4.79 Å². The van der Waals surface area contributed by atoms with Crippen molar-refractivity contribution in [2.24, 2.45) is 5.73 Å². The van der Waals surface area contributed by atoms with Crippen LogP contribution in [0.4, 0.5) is 0 Å². The highest BCUT2D eigenvalue weighted by Crippen LogP contribution is 2.25. The molecular weight excluding hydrogens is 201 g/mol. The van der Waals surface area contributed by atoms with Gasteiger partial charge in [0.1, 0.15) is 0 Å². The van der Waals surface area contributed by atoms with E-state index in [9.17, 15) is 4.79 Å². The normalized spacial score (nSPS) is 10.1. The van der Waals surface area contributed by atoms with Gasteiger partial charge in [-0.15, -0.1) is 0 Å². The third-order valence-electron chi connectivity index (χ3n) is 0.764. The highest BCUT2D eigenvalue weighted by Gasteiger charge is 2.00. The first-order chi connectivity index (χ1) is 5.80. The van der Waals surface area contributed by atoms with E-state index in [2.05, 4.69) is 4.42 Å². The van der Waals surface area contributed by atoms with E-state index in [1.54, 1.807) is 6.07 Å². The number of amides is 1. The minimum atomic E-state index is -4.64. The lowest BCUT2D eigenvalue weighted by atomic mass is 10.4. The van der Waals surface area contributed by atoms with E-state index in [4.69, 9.17) is 25.0 Å². The minimum absolute atomic E-state index is 0.199. The number of phosphoric acid groups is 1. The molecule has 0 aromatic carbocycles. The summed E-state index contributed by atoms with van der Waals surface area (Å²) in [5.74, 6) is -0.333. The van der Waals surface area contributed by atoms with Crippen molar-refractivity contribution in [2.75, 3.05) is 0 Å². The van der Waals surface area contributed by atoms with Crippen molar-refractivity contribution in [3.63, 3.8) is 0 Å². The summed E-state index contributed by atoms with van der Waals surface area (Å²) >= 11 is 0. The fraction of sp³-hybridized carbons (Fsp3) is 0. The van der Waals surface area contributed by atoms with Crippen molar-refractivity contribution >= 4 is 13.7 Å². The van der Waals surface area contributed by atoms with E-state index < -0.39 is 13.7 Å². The van der Waals surface area contributed by atoms with Crippen LogP contribution in [0.25, 0.3) is 0 Å². The highest BCUT2D eigenvalue weighted by atomic mass is 31.2. The number of rotatable bonds is 1. The number of hydrogen-bond donors (Lipinski definition) is 4. The van der Waals surface area contributed by atoms with Crippen molar-refractivity contribution in [1.29, 1.82) is 0 Å². The third kappa shape index (κ3) is 8.77. The van der Waals surface area contributed by atoms with Crippen LogP contribution in [-0.4, -0.2) is 20.6 Å². The predicted molar refractivity (Wildman–Crippen MR) is 41.5 cm³/mol. The fourth-order valence-corrected chi connectivity index (χ4v) is 0.419. The number of carbonyl (C=O) groups is 1. The number of furan rings is 1. The van der Waals surface area contributed by atoms with Crippen molar-refractivity contribution < 1.29 is 28.5 Å². The molecule has 0 spiro atoms. The Kier molecular flexibility index (Phi) is 4.36. The Morgan fingerprint density at radius 1 is 1.46 bits per heavy atom. The predicted octanol–water partition coefficient (Wildman–Crippen LogP) is -0.550. The number of nitrogens with two attached hydrogens (primary N) is 1. The van der Waals surface area contributed by atoms with Crippen LogP contribution in [0.1, 0.15) is 10.6 Å². The van der Waals surface area contributed by atoms with Gasteiger partial charge < -0.3 is 24.8 Å². The molecule has 0 unspecified atom stereocenters. The fourth-order valence-electron chi connectivity index (χ4n) is 0.419. The second-order valence-electron chi connectivity index (χ2n) is 1.85. The number of carbonyl (C=O) groups excluding carboxylic acids is 1. The summed E-state index contributed by atoms with van der Waals surface area (Å²) in [6, 6.07) is 3.13. The smallest absolute Gasteiger partial charge is 0.459 e. The summed E-state index contributed by atoms with van der Waals surface area (Å²) in [5, 5.41) is 0. The Bertz CT molecular complexity index is 293. The topological polar surface area (TPSA) is 134 Å². The lowest BCUT2D eigenvalue weighted by Crippen LogP contribution is -2.08. The molecule has 5 N–H and O–H groups in total. The zero-order chi connectivity index (χ0) is 10.5. The molecule has 0 saturated heterocycles. The molecule has 0 atom stereocenters. The SMILES string of the molecule is NC(=O)c1ccco1.O=P(O)(O)O. The van der Waals surface area contributed by atoms with Crippen LogP contribution in [-0.2, 0) is 4.57 Å². The van der Waals surface area contributed by atoms with E-state index in [1.807, 2.05) is 0 Å². The molecule has 0 bridgehead atoms. The van der Waals surface area contributed by atoms with Gasteiger partial charge in [0.15, 0.2) is 5.76 Å². The monoisotopic (exact) mass is 209 g/mol. The first kappa shape index (κ1) is 11.9. The Morgan fingerprint density at radius 2 is 1.92 bits per heavy atom. The molecule has 0 aliphatic heterocycles. The van der Waals surface area contributed by atoms with Gasteiger partial charge >= 0.3 is 7.82 Å². The lowest BCUT2D eigenvalue weighted by Gasteiger charge is -1.82. The van der Waals surface area contributed by atoms with Crippen molar-refractivity contribution in [3.05, 3.63) is 24.2 Å². The molecule has 13 heavy (non-hydrogen) atoms. The molecule has 0 fully saturated rings. The van der Waals surface area contributed by atoms with Crippen molar-refractivity contribution in [2.45, 2.75) is 0 Å². The summed E-state index contributed by atoms with van der Waals surface area (Å²) in [7, 11) is -4.64. The van der Waals surface area contributed by atoms with Crippen molar-refractivity contribution in [1.82, 2.24) is 0 Å². The van der Waals surface area contributed by atoms with Gasteiger partial charge in [0.05, 0.1) is 6.26 Å². The summed E-state index contributed by atoms with van der Waals surface area (Å²) in [4.78, 5) is 31.8. The molecular formula is C5H8NO6P. The van der Waals surface area contributed by atoms with Gasteiger partial charge in [-0.1, -0.05) is 0 Å². The summed E-state index contributed by atoms with van der Waals surface area (Å²) in [6.07, 6.45) is 1.40. The highest BCUT2D eigenvalue weighted by molar-refractivity contribution is 7.45. The van der Waals surface area contributed by atoms with Crippen LogP contribution in [0.15, 0.2) is 22.8 Å². The molecule has 0 aliphatic carbocycles. The standard InChI is InChI=1S/C5H5NO2.H3O4P/c6-5(7)4-2-1-3-8-4;1-5(2,3)4/h1-3H,(H2,6,7);(H3,1,2,3,4). The first-order valence-electron chi connectivity index (χ1n) is 2.92. The molecule has 0 radical (unpaired) electrons. The Labute approximate surface area is 73.0 Å². The second kappa shape index (κ2) is 4.78. The van der Waals surface area contributed by atoms with Crippen LogP contribution in [0.3, 0.4) is 0 Å². The summed E-state index contributed by atoms with van der Waals surface area (Å²) in [6.45, 7) is 0. The average Bonchev–Trinajstić information content (AvgIpc) is 2.31. The van der Waals surface area contributed by atoms with Crippen LogP contribution >= 0.6 is 7.82 Å². The molecule has 0 saturated carbocycles. The molecule has 1 aromatic rings. The number of hydrogen-bond acceptors (Lipinski definition) is 3. The van der Waals surface area contributed by atoms with E-state index in [1.165, 1.54) is 12.3 Å². The van der Waals surface area contributed by atoms with Crippen LogP contribution in [0.5, 0.6) is 0 Å². The van der Waals surface area contributed by atoms with Gasteiger partial charge in [-0.05, 0) is 12.1 Å². The Morgan fingerprint density at radius 3 is 2.08 bits per heavy atom. The molecule has 0 aliphatic rings. The Hall–Kier alpha value is -1.14. The molecule has 1 aromatic heterocycles. The summed E-state index contributed by atoms with van der Waals surface area (Å²) < 4.78 is 13.5. The van der Waals surface area contributed by atoms with Gasteiger partial charge in [0.2, 0.25) is 0 Å². The number of primary amides is 1. The molecule has 74 valence electrons. The zero-order valence-corrected chi connectivity index (χ0v) is 7.22. The van der Waals surface area contributed by atoms with Crippen LogP contribution < -0.4 is 5.73 Å². The van der Waals surface area contributed by atoms with Gasteiger partial charge in [0.25, 0.3) is 5.91 Å².